The lowest BCUT2D eigenvalue weighted by molar-refractivity contribution is -0.173. The summed E-state index contributed by atoms with van der Waals surface area (Å²) in [7, 11) is 0. The lowest BCUT2D eigenvalue weighted by Gasteiger charge is -2.28. The maximum Gasteiger partial charge on any atom is 0.323 e. The van der Waals surface area contributed by atoms with Gasteiger partial charge in [-0.2, -0.15) is 0 Å². The minimum absolute atomic E-state index is 0.00448. The lowest BCUT2D eigenvalue weighted by Crippen LogP contribution is -2.42. The van der Waals surface area contributed by atoms with Crippen LogP contribution in [0.3, 0.4) is 0 Å². The van der Waals surface area contributed by atoms with E-state index < -0.39 is 17.4 Å². The summed E-state index contributed by atoms with van der Waals surface area (Å²) >= 11 is 7.34. The molecule has 4 nitrogen and oxygen atoms in total. The van der Waals surface area contributed by atoms with Crippen molar-refractivity contribution in [1.82, 2.24) is 0 Å². The van der Waals surface area contributed by atoms with E-state index in [1.54, 1.807) is 13.8 Å². The van der Waals surface area contributed by atoms with Crippen LogP contribution < -0.4 is 0 Å². The van der Waals surface area contributed by atoms with Gasteiger partial charge in [0.2, 0.25) is 0 Å². The summed E-state index contributed by atoms with van der Waals surface area (Å²) in [5.41, 5.74) is -1.10. The highest BCUT2D eigenvalue weighted by molar-refractivity contribution is 9.25. The molecule has 2 aliphatic rings. The first-order chi connectivity index (χ1) is 9.40. The van der Waals surface area contributed by atoms with Gasteiger partial charge in [-0.25, -0.2) is 0 Å². The smallest absolute Gasteiger partial charge is 0.323 e. The highest BCUT2D eigenvalue weighted by Crippen LogP contribution is 2.68. The van der Waals surface area contributed by atoms with E-state index in [1.807, 2.05) is 0 Å². The zero-order chi connectivity index (χ0) is 15.0. The molecule has 2 atom stereocenters. The minimum Gasteiger partial charge on any atom is -0.465 e. The Hall–Kier alpha value is -0.100. The van der Waals surface area contributed by atoms with Crippen LogP contribution in [-0.4, -0.2) is 28.4 Å². The molecule has 114 valence electrons. The molecule has 0 aliphatic heterocycles. The molecule has 0 saturated heterocycles. The normalized spacial score (nSPS) is 29.8. The number of halogens is 2. The van der Waals surface area contributed by atoms with Crippen molar-refractivity contribution < 1.29 is 19.1 Å². The topological polar surface area (TPSA) is 52.6 Å². The molecule has 0 radical (unpaired) electrons. The van der Waals surface area contributed by atoms with E-state index in [2.05, 4.69) is 31.9 Å². The number of esters is 2. The largest absolute Gasteiger partial charge is 0.465 e. The van der Waals surface area contributed by atoms with E-state index >= 15 is 0 Å². The van der Waals surface area contributed by atoms with Gasteiger partial charge in [0.1, 0.15) is 0 Å². The number of carbonyl (C=O) groups is 2. The molecule has 0 spiro atoms. The minimum atomic E-state index is -1.10. The zero-order valence-corrected chi connectivity index (χ0v) is 15.0. The number of hydrogen-bond acceptors (Lipinski definition) is 4. The predicted octanol–water partition coefficient (Wildman–Crippen LogP) is 3.41. The molecule has 2 aliphatic carbocycles. The van der Waals surface area contributed by atoms with E-state index in [4.69, 9.17) is 9.47 Å². The Morgan fingerprint density at radius 2 is 1.40 bits per heavy atom. The third kappa shape index (κ3) is 2.65. The Bertz CT molecular complexity index is 372. The van der Waals surface area contributed by atoms with Crippen molar-refractivity contribution >= 4 is 43.8 Å². The van der Waals surface area contributed by atoms with Crippen molar-refractivity contribution in [3.05, 3.63) is 0 Å². The summed E-state index contributed by atoms with van der Waals surface area (Å²) in [4.78, 5) is 24.7. The van der Waals surface area contributed by atoms with Gasteiger partial charge >= 0.3 is 11.9 Å². The Balaban J connectivity index is 2.17. The molecule has 0 amide bonds. The number of fused-ring (bicyclic) bond motifs is 1. The van der Waals surface area contributed by atoms with Gasteiger partial charge in [-0.15, -0.1) is 0 Å². The molecular weight excluding hydrogens is 392 g/mol. The highest BCUT2D eigenvalue weighted by Gasteiger charge is 2.65. The zero-order valence-electron chi connectivity index (χ0n) is 11.8. The molecule has 6 heteroatoms. The summed E-state index contributed by atoms with van der Waals surface area (Å²) in [5.74, 6) is 0.0884. The van der Waals surface area contributed by atoms with Gasteiger partial charge in [0.25, 0.3) is 0 Å². The summed E-state index contributed by atoms with van der Waals surface area (Å²) in [6.07, 6.45) is 2.65. The Morgan fingerprint density at radius 3 is 1.75 bits per heavy atom. The third-order valence-electron chi connectivity index (χ3n) is 4.46. The maximum absolute atomic E-state index is 12.3. The second kappa shape index (κ2) is 5.95. The molecule has 0 N–H and O–H groups in total. The third-order valence-corrected chi connectivity index (χ3v) is 6.81. The van der Waals surface area contributed by atoms with Crippen LogP contribution in [0.4, 0.5) is 0 Å². The van der Waals surface area contributed by atoms with Crippen molar-refractivity contribution in [2.24, 2.45) is 17.3 Å². The van der Waals surface area contributed by atoms with Gasteiger partial charge in [0, 0.05) is 0 Å². The molecule has 0 heterocycles. The first kappa shape index (κ1) is 16.3. The van der Waals surface area contributed by atoms with Crippen molar-refractivity contribution in [2.75, 3.05) is 13.2 Å². The molecule has 0 aromatic heterocycles. The Kier molecular flexibility index (Phi) is 4.84. The molecule has 20 heavy (non-hydrogen) atoms. The van der Waals surface area contributed by atoms with Gasteiger partial charge in [0.15, 0.2) is 5.41 Å². The monoisotopic (exact) mass is 410 g/mol. The van der Waals surface area contributed by atoms with Crippen LogP contribution in [0.2, 0.25) is 0 Å². The number of hydrogen-bond donors (Lipinski definition) is 0. The van der Waals surface area contributed by atoms with Crippen molar-refractivity contribution in [2.45, 2.75) is 42.8 Å². The van der Waals surface area contributed by atoms with Crippen LogP contribution in [0, 0.1) is 17.3 Å². The summed E-state index contributed by atoms with van der Waals surface area (Å²) < 4.78 is 10.3. The first-order valence-electron chi connectivity index (χ1n) is 7.12. The first-order valence-corrected chi connectivity index (χ1v) is 8.71. The summed E-state index contributed by atoms with van der Waals surface area (Å²) in [6.45, 7) is 4.08. The fourth-order valence-corrected chi connectivity index (χ4v) is 5.13. The van der Waals surface area contributed by atoms with Crippen LogP contribution in [0.1, 0.15) is 39.5 Å². The van der Waals surface area contributed by atoms with Gasteiger partial charge in [-0.3, -0.25) is 9.59 Å². The second-order valence-corrected chi connectivity index (χ2v) is 9.18. The van der Waals surface area contributed by atoms with Crippen LogP contribution in [-0.2, 0) is 19.1 Å². The van der Waals surface area contributed by atoms with E-state index in [0.717, 1.165) is 12.8 Å². The molecule has 2 saturated carbocycles. The summed E-state index contributed by atoms with van der Waals surface area (Å²) in [6, 6.07) is 0. The van der Waals surface area contributed by atoms with E-state index in [9.17, 15) is 9.59 Å². The van der Waals surface area contributed by atoms with E-state index in [1.165, 1.54) is 0 Å². The number of carbonyl (C=O) groups excluding carboxylic acids is 2. The number of rotatable bonds is 4. The molecule has 0 aromatic carbocycles. The van der Waals surface area contributed by atoms with Crippen LogP contribution in [0.25, 0.3) is 0 Å². The maximum atomic E-state index is 12.3. The second-order valence-electron chi connectivity index (χ2n) is 5.49. The molecule has 2 rings (SSSR count). The van der Waals surface area contributed by atoms with Gasteiger partial charge < -0.3 is 9.47 Å². The Morgan fingerprint density at radius 1 is 1.00 bits per heavy atom. The molecule has 0 bridgehead atoms. The van der Waals surface area contributed by atoms with E-state index in [0.29, 0.717) is 24.7 Å². The highest BCUT2D eigenvalue weighted by atomic mass is 79.9. The number of ether oxygens (including phenoxy) is 2. The quantitative estimate of drug-likeness (QED) is 0.404. The predicted molar refractivity (Wildman–Crippen MR) is 81.7 cm³/mol. The van der Waals surface area contributed by atoms with Crippen LogP contribution >= 0.6 is 31.9 Å². The van der Waals surface area contributed by atoms with Crippen molar-refractivity contribution in [1.29, 1.82) is 0 Å². The SMILES string of the molecule is CCOC(=O)C1(C(=O)OCC)CCC2C(CC1)C2(Br)Br. The molecule has 2 unspecified atom stereocenters. The average molecular weight is 412 g/mol. The molecular formula is C14H20Br2O4. The van der Waals surface area contributed by atoms with Crippen LogP contribution in [0.15, 0.2) is 0 Å². The van der Waals surface area contributed by atoms with Crippen LogP contribution in [0.5, 0.6) is 0 Å². The molecule has 0 aromatic rings. The summed E-state index contributed by atoms with van der Waals surface area (Å²) in [5, 5.41) is 0. The fourth-order valence-electron chi connectivity index (χ4n) is 3.21. The number of alkyl halides is 2. The van der Waals surface area contributed by atoms with Crippen molar-refractivity contribution in [3.63, 3.8) is 0 Å². The lowest BCUT2D eigenvalue weighted by atomic mass is 9.79. The van der Waals surface area contributed by atoms with Gasteiger partial charge in [-0.1, -0.05) is 31.9 Å². The Labute approximate surface area is 136 Å². The standard InChI is InChI=1S/C14H20Br2O4/c1-3-19-11(17)13(12(18)20-4-2)7-5-9-10(6-8-13)14(9,15)16/h9-10H,3-8H2,1-2H3. The van der Waals surface area contributed by atoms with Gasteiger partial charge in [-0.05, 0) is 51.4 Å². The molecule has 2 fully saturated rings. The van der Waals surface area contributed by atoms with E-state index in [-0.39, 0.29) is 16.4 Å². The van der Waals surface area contributed by atoms with Crippen molar-refractivity contribution in [3.8, 4) is 0 Å². The average Bonchev–Trinajstić information content (AvgIpc) is 2.99. The van der Waals surface area contributed by atoms with Gasteiger partial charge in [0.05, 0.1) is 16.4 Å². The fraction of sp³-hybridized carbons (Fsp3) is 0.857.